The first kappa shape index (κ1) is 14.1. The summed E-state index contributed by atoms with van der Waals surface area (Å²) < 4.78 is 10.0. The molecule has 18 heavy (non-hydrogen) atoms. The van der Waals surface area contributed by atoms with Gasteiger partial charge < -0.3 is 14.8 Å². The van der Waals surface area contributed by atoms with E-state index >= 15 is 0 Å². The second-order valence-electron chi connectivity index (χ2n) is 3.72. The highest BCUT2D eigenvalue weighted by Crippen LogP contribution is 2.17. The van der Waals surface area contributed by atoms with Crippen molar-refractivity contribution in [3.63, 3.8) is 0 Å². The van der Waals surface area contributed by atoms with Crippen LogP contribution in [0.25, 0.3) is 0 Å². The van der Waals surface area contributed by atoms with E-state index in [2.05, 4.69) is 10.1 Å². The molecule has 0 fully saturated rings. The van der Waals surface area contributed by atoms with Crippen molar-refractivity contribution in [2.45, 2.75) is 13.8 Å². The lowest BCUT2D eigenvalue weighted by molar-refractivity contribution is -0.136. The number of carbonyl (C=O) groups is 1. The molecule has 0 aliphatic rings. The van der Waals surface area contributed by atoms with Crippen molar-refractivity contribution in [3.8, 4) is 5.75 Å². The summed E-state index contributed by atoms with van der Waals surface area (Å²) >= 11 is 0. The summed E-state index contributed by atoms with van der Waals surface area (Å²) in [5, 5.41) is 3.19. The maximum Gasteiger partial charge on any atom is 0.333 e. The molecule has 0 bridgehead atoms. The van der Waals surface area contributed by atoms with E-state index in [4.69, 9.17) is 4.74 Å². The average Bonchev–Trinajstić information content (AvgIpc) is 2.38. The second-order valence-corrected chi connectivity index (χ2v) is 3.72. The molecule has 4 heteroatoms. The van der Waals surface area contributed by atoms with Crippen molar-refractivity contribution in [1.82, 2.24) is 0 Å². The Hall–Kier alpha value is -1.97. The Labute approximate surface area is 108 Å². The van der Waals surface area contributed by atoms with Gasteiger partial charge in [-0.3, -0.25) is 0 Å². The van der Waals surface area contributed by atoms with Crippen LogP contribution >= 0.6 is 0 Å². The highest BCUT2D eigenvalue weighted by atomic mass is 16.5. The van der Waals surface area contributed by atoms with E-state index in [1.807, 2.05) is 31.2 Å². The molecular formula is C14H19NO3. The quantitative estimate of drug-likeness (QED) is 0.622. The van der Waals surface area contributed by atoms with Gasteiger partial charge in [0.2, 0.25) is 0 Å². The summed E-state index contributed by atoms with van der Waals surface area (Å²) in [6, 6.07) is 7.70. The number of esters is 1. The molecule has 0 spiro atoms. The number of methoxy groups -OCH3 is 1. The van der Waals surface area contributed by atoms with E-state index in [-0.39, 0.29) is 5.97 Å². The molecule has 0 aliphatic carbocycles. The largest absolute Gasteiger partial charge is 0.494 e. The number of benzene rings is 1. The molecule has 98 valence electrons. The predicted molar refractivity (Wildman–Crippen MR) is 71.9 cm³/mol. The smallest absolute Gasteiger partial charge is 0.333 e. The Morgan fingerprint density at radius 2 is 2.22 bits per heavy atom. The van der Waals surface area contributed by atoms with Crippen molar-refractivity contribution >= 4 is 11.7 Å². The van der Waals surface area contributed by atoms with Crippen LogP contribution in [0.2, 0.25) is 0 Å². The van der Waals surface area contributed by atoms with Gasteiger partial charge in [-0.15, -0.1) is 0 Å². The van der Waals surface area contributed by atoms with Crippen LogP contribution in [0.5, 0.6) is 5.75 Å². The van der Waals surface area contributed by atoms with Crippen molar-refractivity contribution < 1.29 is 14.3 Å². The third kappa shape index (κ3) is 4.49. The van der Waals surface area contributed by atoms with Gasteiger partial charge in [0.25, 0.3) is 0 Å². The number of nitrogens with one attached hydrogen (secondary N) is 1. The number of ether oxygens (including phenoxy) is 2. The molecule has 0 heterocycles. The van der Waals surface area contributed by atoms with Gasteiger partial charge in [0.15, 0.2) is 0 Å². The van der Waals surface area contributed by atoms with Crippen molar-refractivity contribution in [1.29, 1.82) is 0 Å². The fraction of sp³-hybridized carbons (Fsp3) is 0.357. The summed E-state index contributed by atoms with van der Waals surface area (Å²) in [6.07, 6.45) is 1.79. The third-order valence-electron chi connectivity index (χ3n) is 2.37. The minimum absolute atomic E-state index is 0.306. The van der Waals surface area contributed by atoms with Crippen LogP contribution in [0.4, 0.5) is 5.69 Å². The van der Waals surface area contributed by atoms with Crippen molar-refractivity contribution in [2.24, 2.45) is 0 Å². The van der Waals surface area contributed by atoms with Gasteiger partial charge in [0, 0.05) is 23.9 Å². The van der Waals surface area contributed by atoms with Gasteiger partial charge in [-0.25, -0.2) is 4.79 Å². The van der Waals surface area contributed by atoms with E-state index in [0.717, 1.165) is 11.4 Å². The highest BCUT2D eigenvalue weighted by molar-refractivity contribution is 5.87. The summed E-state index contributed by atoms with van der Waals surface area (Å²) in [6.45, 7) is 4.88. The van der Waals surface area contributed by atoms with E-state index in [1.54, 1.807) is 13.0 Å². The van der Waals surface area contributed by atoms with Crippen LogP contribution in [0.3, 0.4) is 0 Å². The third-order valence-corrected chi connectivity index (χ3v) is 2.37. The molecule has 1 aromatic rings. The molecule has 0 aromatic heterocycles. The molecule has 4 nitrogen and oxygen atoms in total. The van der Waals surface area contributed by atoms with Crippen molar-refractivity contribution in [3.05, 3.63) is 35.9 Å². The van der Waals surface area contributed by atoms with E-state index in [0.29, 0.717) is 18.7 Å². The maximum atomic E-state index is 11.2. The number of hydrogen-bond acceptors (Lipinski definition) is 4. The standard InChI is InChI=1S/C14H19NO3/c1-4-18-13-7-5-6-12(10-13)15-9-8-11(2)14(16)17-3/h5-8,10,15H,4,9H2,1-3H3/b11-8-. The summed E-state index contributed by atoms with van der Waals surface area (Å²) in [5.74, 6) is 0.524. The van der Waals surface area contributed by atoms with Crippen LogP contribution in [-0.2, 0) is 9.53 Å². The Morgan fingerprint density at radius 1 is 1.44 bits per heavy atom. The average molecular weight is 249 g/mol. The van der Waals surface area contributed by atoms with Gasteiger partial charge in [-0.05, 0) is 26.0 Å². The zero-order chi connectivity index (χ0) is 13.4. The second kappa shape index (κ2) is 7.37. The molecule has 0 amide bonds. The zero-order valence-electron chi connectivity index (χ0n) is 11.0. The van der Waals surface area contributed by atoms with E-state index in [9.17, 15) is 4.79 Å². The number of carbonyl (C=O) groups excluding carboxylic acids is 1. The SMILES string of the molecule is CCOc1cccc(NC/C=C(/C)C(=O)OC)c1. The molecular weight excluding hydrogens is 230 g/mol. The Kier molecular flexibility index (Phi) is 5.77. The topological polar surface area (TPSA) is 47.6 Å². The van der Waals surface area contributed by atoms with Crippen LogP contribution in [0, 0.1) is 0 Å². The molecule has 1 aromatic carbocycles. The van der Waals surface area contributed by atoms with Gasteiger partial charge >= 0.3 is 5.97 Å². The lowest BCUT2D eigenvalue weighted by Gasteiger charge is -2.07. The first-order chi connectivity index (χ1) is 8.67. The van der Waals surface area contributed by atoms with Gasteiger partial charge in [0.1, 0.15) is 5.75 Å². The molecule has 0 atom stereocenters. The van der Waals surface area contributed by atoms with Gasteiger partial charge in [-0.1, -0.05) is 12.1 Å². The lowest BCUT2D eigenvalue weighted by Crippen LogP contribution is -2.05. The Morgan fingerprint density at radius 3 is 2.89 bits per heavy atom. The summed E-state index contributed by atoms with van der Waals surface area (Å²) in [7, 11) is 1.37. The molecule has 0 radical (unpaired) electrons. The summed E-state index contributed by atoms with van der Waals surface area (Å²) in [4.78, 5) is 11.2. The summed E-state index contributed by atoms with van der Waals surface area (Å²) in [5.41, 5.74) is 1.54. The van der Waals surface area contributed by atoms with Gasteiger partial charge in [0.05, 0.1) is 13.7 Å². The number of rotatable bonds is 6. The molecule has 0 saturated heterocycles. The monoisotopic (exact) mass is 249 g/mol. The number of anilines is 1. The fourth-order valence-corrected chi connectivity index (χ4v) is 1.43. The van der Waals surface area contributed by atoms with Crippen LogP contribution in [0.15, 0.2) is 35.9 Å². The first-order valence-electron chi connectivity index (χ1n) is 5.89. The van der Waals surface area contributed by atoms with E-state index < -0.39 is 0 Å². The maximum absolute atomic E-state index is 11.2. The highest BCUT2D eigenvalue weighted by Gasteiger charge is 2.01. The molecule has 0 saturated carbocycles. The Bertz CT molecular complexity index is 427. The van der Waals surface area contributed by atoms with Crippen LogP contribution in [0.1, 0.15) is 13.8 Å². The molecule has 1 rings (SSSR count). The first-order valence-corrected chi connectivity index (χ1v) is 5.89. The van der Waals surface area contributed by atoms with Gasteiger partial charge in [-0.2, -0.15) is 0 Å². The van der Waals surface area contributed by atoms with E-state index in [1.165, 1.54) is 7.11 Å². The van der Waals surface area contributed by atoms with Crippen LogP contribution < -0.4 is 10.1 Å². The fourth-order valence-electron chi connectivity index (χ4n) is 1.43. The number of hydrogen-bond donors (Lipinski definition) is 1. The molecule has 1 N–H and O–H groups in total. The minimum atomic E-state index is -0.306. The van der Waals surface area contributed by atoms with Crippen LogP contribution in [-0.4, -0.2) is 26.2 Å². The zero-order valence-corrected chi connectivity index (χ0v) is 11.0. The lowest BCUT2D eigenvalue weighted by atomic mass is 10.2. The Balaban J connectivity index is 2.53. The predicted octanol–water partition coefficient (Wildman–Crippen LogP) is 2.62. The normalized spacial score (nSPS) is 10.9. The van der Waals surface area contributed by atoms with Crippen molar-refractivity contribution in [2.75, 3.05) is 25.6 Å². The minimum Gasteiger partial charge on any atom is -0.494 e. The molecule has 0 unspecified atom stereocenters. The molecule has 0 aliphatic heterocycles.